The van der Waals surface area contributed by atoms with Crippen LogP contribution in [0.5, 0.6) is 11.6 Å². The molecule has 1 aromatic carbocycles. The molecule has 0 bridgehead atoms. The minimum absolute atomic E-state index is 0.110. The molecule has 1 aromatic heterocycles. The number of carbonyl (C=O) groups excluding carboxylic acids is 1. The van der Waals surface area contributed by atoms with Crippen molar-refractivity contribution >= 4 is 5.91 Å². The van der Waals surface area contributed by atoms with E-state index in [0.29, 0.717) is 13.0 Å². The summed E-state index contributed by atoms with van der Waals surface area (Å²) in [7, 11) is 3.10. The lowest BCUT2D eigenvalue weighted by atomic mass is 9.98. The SMILES string of the molecule is COc1ncc(F)cc1C(=O)N(C)C1CCOc2ccccc21. The van der Waals surface area contributed by atoms with Crippen molar-refractivity contribution in [3.8, 4) is 11.6 Å². The first-order valence-corrected chi connectivity index (χ1v) is 7.30. The van der Waals surface area contributed by atoms with Crippen LogP contribution >= 0.6 is 0 Å². The Morgan fingerprint density at radius 1 is 1.43 bits per heavy atom. The number of amides is 1. The molecule has 1 aliphatic rings. The summed E-state index contributed by atoms with van der Waals surface area (Å²) in [6.07, 6.45) is 1.70. The highest BCUT2D eigenvalue weighted by molar-refractivity contribution is 5.96. The molecule has 0 saturated carbocycles. The Bertz CT molecular complexity index is 736. The summed E-state index contributed by atoms with van der Waals surface area (Å²) in [6.45, 7) is 0.526. The molecule has 1 amide bonds. The molecule has 0 fully saturated rings. The second-order valence-corrected chi connectivity index (χ2v) is 5.32. The van der Waals surface area contributed by atoms with Crippen LogP contribution in [-0.4, -0.2) is 36.6 Å². The van der Waals surface area contributed by atoms with E-state index in [1.54, 1.807) is 11.9 Å². The quantitative estimate of drug-likeness (QED) is 0.874. The summed E-state index contributed by atoms with van der Waals surface area (Å²) >= 11 is 0. The van der Waals surface area contributed by atoms with Crippen LogP contribution in [-0.2, 0) is 0 Å². The van der Waals surface area contributed by atoms with Crippen LogP contribution < -0.4 is 9.47 Å². The van der Waals surface area contributed by atoms with Gasteiger partial charge in [-0.15, -0.1) is 0 Å². The molecular weight excluding hydrogens is 299 g/mol. The van der Waals surface area contributed by atoms with E-state index in [1.807, 2.05) is 24.3 Å². The Balaban J connectivity index is 1.94. The lowest BCUT2D eigenvalue weighted by molar-refractivity contribution is 0.0681. The highest BCUT2D eigenvalue weighted by Gasteiger charge is 2.29. The number of halogens is 1. The molecule has 0 saturated heterocycles. The summed E-state index contributed by atoms with van der Waals surface area (Å²) in [5, 5.41) is 0. The lowest BCUT2D eigenvalue weighted by Gasteiger charge is -2.33. The molecule has 120 valence electrons. The molecule has 5 nitrogen and oxygen atoms in total. The smallest absolute Gasteiger partial charge is 0.259 e. The van der Waals surface area contributed by atoms with E-state index in [-0.39, 0.29) is 23.4 Å². The van der Waals surface area contributed by atoms with Crippen LogP contribution in [0.3, 0.4) is 0 Å². The zero-order chi connectivity index (χ0) is 16.4. The van der Waals surface area contributed by atoms with Gasteiger partial charge in [-0.05, 0) is 12.1 Å². The third kappa shape index (κ3) is 2.84. The van der Waals surface area contributed by atoms with Gasteiger partial charge < -0.3 is 14.4 Å². The largest absolute Gasteiger partial charge is 0.493 e. The number of benzene rings is 1. The number of para-hydroxylation sites is 1. The van der Waals surface area contributed by atoms with E-state index in [1.165, 1.54) is 7.11 Å². The van der Waals surface area contributed by atoms with Crippen molar-refractivity contribution in [2.75, 3.05) is 20.8 Å². The molecule has 0 N–H and O–H groups in total. The molecule has 0 radical (unpaired) electrons. The highest BCUT2D eigenvalue weighted by Crippen LogP contribution is 2.36. The van der Waals surface area contributed by atoms with Crippen molar-refractivity contribution in [3.63, 3.8) is 0 Å². The minimum atomic E-state index is -0.574. The summed E-state index contributed by atoms with van der Waals surface area (Å²) < 4.78 is 24.2. The van der Waals surface area contributed by atoms with Crippen LogP contribution in [0.1, 0.15) is 28.4 Å². The molecule has 0 aliphatic carbocycles. The second-order valence-electron chi connectivity index (χ2n) is 5.32. The van der Waals surface area contributed by atoms with Crippen molar-refractivity contribution in [1.29, 1.82) is 0 Å². The number of aromatic nitrogens is 1. The second kappa shape index (κ2) is 6.24. The van der Waals surface area contributed by atoms with Crippen molar-refractivity contribution in [1.82, 2.24) is 9.88 Å². The van der Waals surface area contributed by atoms with E-state index in [0.717, 1.165) is 23.6 Å². The van der Waals surface area contributed by atoms with Crippen LogP contribution in [0.4, 0.5) is 4.39 Å². The molecule has 23 heavy (non-hydrogen) atoms. The third-order valence-corrected chi connectivity index (χ3v) is 3.96. The molecular formula is C17H17FN2O3. The fraction of sp³-hybridized carbons (Fsp3) is 0.294. The Hall–Kier alpha value is -2.63. The number of fused-ring (bicyclic) bond motifs is 1. The number of nitrogens with zero attached hydrogens (tertiary/aromatic N) is 2. The molecule has 2 aromatic rings. The van der Waals surface area contributed by atoms with Gasteiger partial charge in [-0.2, -0.15) is 0 Å². The van der Waals surface area contributed by atoms with E-state index in [9.17, 15) is 9.18 Å². The normalized spacial score (nSPS) is 16.2. The zero-order valence-corrected chi connectivity index (χ0v) is 13.0. The number of carbonyl (C=O) groups is 1. The molecule has 1 aliphatic heterocycles. The van der Waals surface area contributed by atoms with Gasteiger partial charge in [0.15, 0.2) is 0 Å². The first kappa shape index (κ1) is 15.3. The lowest BCUT2D eigenvalue weighted by Crippen LogP contribution is -2.34. The average molecular weight is 316 g/mol. The average Bonchev–Trinajstić information content (AvgIpc) is 2.60. The number of hydrogen-bond acceptors (Lipinski definition) is 4. The van der Waals surface area contributed by atoms with Crippen LogP contribution in [0.2, 0.25) is 0 Å². The number of pyridine rings is 1. The van der Waals surface area contributed by atoms with E-state index in [2.05, 4.69) is 4.98 Å². The zero-order valence-electron chi connectivity index (χ0n) is 13.0. The number of ether oxygens (including phenoxy) is 2. The summed E-state index contributed by atoms with van der Waals surface area (Å²) in [5.74, 6) is -0.0261. The minimum Gasteiger partial charge on any atom is -0.493 e. The predicted molar refractivity (Wildman–Crippen MR) is 82.1 cm³/mol. The molecule has 0 spiro atoms. The fourth-order valence-corrected chi connectivity index (χ4v) is 2.80. The first-order chi connectivity index (χ1) is 11.1. The van der Waals surface area contributed by atoms with Crippen molar-refractivity contribution in [2.45, 2.75) is 12.5 Å². The van der Waals surface area contributed by atoms with Crippen LogP contribution in [0.15, 0.2) is 36.5 Å². The predicted octanol–water partition coefficient (Wildman–Crippen LogP) is 2.83. The van der Waals surface area contributed by atoms with Gasteiger partial charge in [-0.3, -0.25) is 4.79 Å². The number of methoxy groups -OCH3 is 1. The van der Waals surface area contributed by atoms with Crippen molar-refractivity contribution < 1.29 is 18.7 Å². The van der Waals surface area contributed by atoms with Gasteiger partial charge in [0.2, 0.25) is 5.88 Å². The molecule has 1 unspecified atom stereocenters. The number of hydrogen-bond donors (Lipinski definition) is 0. The third-order valence-electron chi connectivity index (χ3n) is 3.96. The Morgan fingerprint density at radius 2 is 2.22 bits per heavy atom. The van der Waals surface area contributed by atoms with Crippen molar-refractivity contribution in [3.05, 3.63) is 53.5 Å². The van der Waals surface area contributed by atoms with E-state index in [4.69, 9.17) is 9.47 Å². The van der Waals surface area contributed by atoms with Gasteiger partial charge in [0, 0.05) is 19.0 Å². The topological polar surface area (TPSA) is 51.7 Å². The highest BCUT2D eigenvalue weighted by atomic mass is 19.1. The first-order valence-electron chi connectivity index (χ1n) is 7.30. The van der Waals surface area contributed by atoms with E-state index >= 15 is 0 Å². The van der Waals surface area contributed by atoms with Gasteiger partial charge >= 0.3 is 0 Å². The standard InChI is InChI=1S/C17H17FN2O3/c1-20(14-7-8-23-15-6-4-3-5-12(14)15)17(21)13-9-11(18)10-19-16(13)22-2/h3-6,9-10,14H,7-8H2,1-2H3. The maximum Gasteiger partial charge on any atom is 0.259 e. The van der Waals surface area contributed by atoms with E-state index < -0.39 is 5.82 Å². The monoisotopic (exact) mass is 316 g/mol. The van der Waals surface area contributed by atoms with Crippen LogP contribution in [0.25, 0.3) is 0 Å². The summed E-state index contributed by atoms with van der Waals surface area (Å²) in [5.41, 5.74) is 1.05. The maximum atomic E-state index is 13.5. The summed E-state index contributed by atoms with van der Waals surface area (Å²) in [4.78, 5) is 18.2. The summed E-state index contributed by atoms with van der Waals surface area (Å²) in [6, 6.07) is 8.62. The number of rotatable bonds is 3. The van der Waals surface area contributed by atoms with Gasteiger partial charge in [-0.25, -0.2) is 9.37 Å². The van der Waals surface area contributed by atoms with Crippen molar-refractivity contribution in [2.24, 2.45) is 0 Å². The van der Waals surface area contributed by atoms with Crippen LogP contribution in [0, 0.1) is 5.82 Å². The fourth-order valence-electron chi connectivity index (χ4n) is 2.80. The molecule has 6 heteroatoms. The van der Waals surface area contributed by atoms with Gasteiger partial charge in [0.1, 0.15) is 17.1 Å². The molecule has 1 atom stereocenters. The van der Waals surface area contributed by atoms with Gasteiger partial charge in [0.25, 0.3) is 5.91 Å². The van der Waals surface area contributed by atoms with Gasteiger partial charge in [-0.1, -0.05) is 18.2 Å². The Labute approximate surface area is 133 Å². The Morgan fingerprint density at radius 3 is 3.00 bits per heavy atom. The maximum absolute atomic E-state index is 13.5. The molecule has 2 heterocycles. The van der Waals surface area contributed by atoms with Gasteiger partial charge in [0.05, 0.1) is 26.0 Å². The Kier molecular flexibility index (Phi) is 4.14. The molecule has 3 rings (SSSR count).